The molecule has 2 nitrogen and oxygen atoms in total. The SMILES string of the molecule is CSc1ccccc1-c1nc(Cl)c2c(F)ccc(C)c2n1. The minimum absolute atomic E-state index is 0.145. The van der Waals surface area contributed by atoms with Gasteiger partial charge in [0.1, 0.15) is 11.0 Å². The topological polar surface area (TPSA) is 25.8 Å². The highest BCUT2D eigenvalue weighted by Crippen LogP contribution is 2.32. The first-order valence-corrected chi connectivity index (χ1v) is 7.98. The number of nitrogens with zero attached hydrogens (tertiary/aromatic N) is 2. The molecular formula is C16H12ClFN2S. The van der Waals surface area contributed by atoms with Crippen molar-refractivity contribution in [2.45, 2.75) is 11.8 Å². The van der Waals surface area contributed by atoms with Crippen molar-refractivity contribution in [2.75, 3.05) is 6.26 Å². The number of halogens is 2. The summed E-state index contributed by atoms with van der Waals surface area (Å²) >= 11 is 7.80. The van der Waals surface area contributed by atoms with Crippen molar-refractivity contribution < 1.29 is 4.39 Å². The van der Waals surface area contributed by atoms with Crippen LogP contribution in [-0.2, 0) is 0 Å². The Morgan fingerprint density at radius 1 is 1.10 bits per heavy atom. The van der Waals surface area contributed by atoms with Crippen molar-refractivity contribution in [2.24, 2.45) is 0 Å². The number of thioether (sulfide) groups is 1. The van der Waals surface area contributed by atoms with Crippen LogP contribution in [-0.4, -0.2) is 16.2 Å². The van der Waals surface area contributed by atoms with E-state index in [1.165, 1.54) is 6.07 Å². The number of aryl methyl sites for hydroxylation is 1. The normalized spacial score (nSPS) is 11.0. The van der Waals surface area contributed by atoms with E-state index in [1.54, 1.807) is 17.8 Å². The molecule has 0 aliphatic heterocycles. The Morgan fingerprint density at radius 3 is 2.62 bits per heavy atom. The summed E-state index contributed by atoms with van der Waals surface area (Å²) in [4.78, 5) is 9.87. The maximum atomic E-state index is 13.9. The molecule has 0 saturated carbocycles. The molecule has 0 saturated heterocycles. The molecule has 21 heavy (non-hydrogen) atoms. The Kier molecular flexibility index (Phi) is 3.83. The van der Waals surface area contributed by atoms with E-state index in [0.717, 1.165) is 16.0 Å². The first kappa shape index (κ1) is 14.3. The zero-order valence-electron chi connectivity index (χ0n) is 11.5. The molecule has 0 atom stereocenters. The number of benzene rings is 2. The Labute approximate surface area is 131 Å². The van der Waals surface area contributed by atoms with E-state index in [4.69, 9.17) is 11.6 Å². The molecule has 5 heteroatoms. The molecule has 0 aliphatic carbocycles. The highest BCUT2D eigenvalue weighted by atomic mass is 35.5. The van der Waals surface area contributed by atoms with Gasteiger partial charge in [0.2, 0.25) is 0 Å². The molecule has 0 bridgehead atoms. The van der Waals surface area contributed by atoms with E-state index in [0.29, 0.717) is 11.3 Å². The summed E-state index contributed by atoms with van der Waals surface area (Å²) < 4.78 is 13.9. The van der Waals surface area contributed by atoms with Crippen molar-refractivity contribution in [1.82, 2.24) is 9.97 Å². The highest BCUT2D eigenvalue weighted by Gasteiger charge is 2.15. The molecule has 0 unspecified atom stereocenters. The van der Waals surface area contributed by atoms with Crippen molar-refractivity contribution in [3.63, 3.8) is 0 Å². The molecule has 1 aromatic heterocycles. The lowest BCUT2D eigenvalue weighted by atomic mass is 10.1. The fourth-order valence-electron chi connectivity index (χ4n) is 2.24. The molecule has 0 radical (unpaired) electrons. The average molecular weight is 319 g/mol. The number of aromatic nitrogens is 2. The van der Waals surface area contributed by atoms with Gasteiger partial charge in [0.05, 0.1) is 10.9 Å². The lowest BCUT2D eigenvalue weighted by molar-refractivity contribution is 0.639. The molecular weight excluding hydrogens is 307 g/mol. The summed E-state index contributed by atoms with van der Waals surface area (Å²) in [5.74, 6) is 0.122. The van der Waals surface area contributed by atoms with Crippen LogP contribution in [0.15, 0.2) is 41.3 Å². The predicted octanol–water partition coefficient (Wildman–Crippen LogP) is 5.12. The molecule has 3 rings (SSSR count). The van der Waals surface area contributed by atoms with E-state index in [1.807, 2.05) is 37.4 Å². The fourth-order valence-corrected chi connectivity index (χ4v) is 3.09. The van der Waals surface area contributed by atoms with Crippen LogP contribution in [0.3, 0.4) is 0 Å². The van der Waals surface area contributed by atoms with Crippen LogP contribution in [0.5, 0.6) is 0 Å². The van der Waals surface area contributed by atoms with E-state index in [2.05, 4.69) is 9.97 Å². The van der Waals surface area contributed by atoms with Crippen molar-refractivity contribution >= 4 is 34.3 Å². The third kappa shape index (κ3) is 2.49. The van der Waals surface area contributed by atoms with Gasteiger partial charge in [-0.3, -0.25) is 0 Å². The molecule has 1 heterocycles. The Bertz CT molecular complexity index is 836. The third-order valence-electron chi connectivity index (χ3n) is 3.30. The summed E-state index contributed by atoms with van der Waals surface area (Å²) in [7, 11) is 0. The molecule has 106 valence electrons. The van der Waals surface area contributed by atoms with Crippen LogP contribution >= 0.6 is 23.4 Å². The summed E-state index contributed by atoms with van der Waals surface area (Å²) in [5, 5.41) is 0.425. The first-order chi connectivity index (χ1) is 10.1. The number of fused-ring (bicyclic) bond motifs is 1. The molecule has 2 aromatic carbocycles. The van der Waals surface area contributed by atoms with Crippen LogP contribution in [0.1, 0.15) is 5.56 Å². The lowest BCUT2D eigenvalue weighted by Crippen LogP contribution is -1.96. The van der Waals surface area contributed by atoms with Gasteiger partial charge in [-0.05, 0) is 30.9 Å². The lowest BCUT2D eigenvalue weighted by Gasteiger charge is -2.09. The molecule has 0 fully saturated rings. The van der Waals surface area contributed by atoms with Crippen LogP contribution in [0.2, 0.25) is 5.15 Å². The summed E-state index contributed by atoms with van der Waals surface area (Å²) in [6, 6.07) is 10.9. The van der Waals surface area contributed by atoms with Gasteiger partial charge in [0.25, 0.3) is 0 Å². The average Bonchev–Trinajstić information content (AvgIpc) is 2.50. The van der Waals surface area contributed by atoms with Gasteiger partial charge in [-0.2, -0.15) is 0 Å². The second-order valence-electron chi connectivity index (χ2n) is 4.63. The number of hydrogen-bond acceptors (Lipinski definition) is 3. The third-order valence-corrected chi connectivity index (χ3v) is 4.37. The van der Waals surface area contributed by atoms with Crippen molar-refractivity contribution in [1.29, 1.82) is 0 Å². The summed E-state index contributed by atoms with van der Waals surface area (Å²) in [5.41, 5.74) is 2.33. The smallest absolute Gasteiger partial charge is 0.162 e. The van der Waals surface area contributed by atoms with Gasteiger partial charge in [0.15, 0.2) is 5.82 Å². The summed E-state index contributed by atoms with van der Waals surface area (Å²) in [6.07, 6.45) is 1.99. The van der Waals surface area contributed by atoms with Gasteiger partial charge < -0.3 is 0 Å². The van der Waals surface area contributed by atoms with Crippen LogP contribution in [0, 0.1) is 12.7 Å². The van der Waals surface area contributed by atoms with E-state index < -0.39 is 5.82 Å². The summed E-state index contributed by atoms with van der Waals surface area (Å²) in [6.45, 7) is 1.88. The maximum Gasteiger partial charge on any atom is 0.162 e. The van der Waals surface area contributed by atoms with Gasteiger partial charge in [-0.25, -0.2) is 14.4 Å². The highest BCUT2D eigenvalue weighted by molar-refractivity contribution is 7.98. The van der Waals surface area contributed by atoms with Gasteiger partial charge >= 0.3 is 0 Å². The van der Waals surface area contributed by atoms with E-state index in [9.17, 15) is 4.39 Å². The minimum atomic E-state index is -0.398. The molecule has 0 aliphatic rings. The maximum absolute atomic E-state index is 13.9. The Hall–Kier alpha value is -1.65. The zero-order chi connectivity index (χ0) is 15.0. The minimum Gasteiger partial charge on any atom is -0.227 e. The van der Waals surface area contributed by atoms with Gasteiger partial charge in [0, 0.05) is 10.5 Å². The second kappa shape index (κ2) is 5.62. The van der Waals surface area contributed by atoms with Crippen molar-refractivity contribution in [3.8, 4) is 11.4 Å². The fraction of sp³-hybridized carbons (Fsp3) is 0.125. The van der Waals surface area contributed by atoms with Crippen LogP contribution in [0.4, 0.5) is 4.39 Å². The molecule has 3 aromatic rings. The second-order valence-corrected chi connectivity index (χ2v) is 5.83. The van der Waals surface area contributed by atoms with Gasteiger partial charge in [-0.15, -0.1) is 11.8 Å². The number of hydrogen-bond donors (Lipinski definition) is 0. The Morgan fingerprint density at radius 2 is 1.86 bits per heavy atom. The van der Waals surface area contributed by atoms with E-state index >= 15 is 0 Å². The monoisotopic (exact) mass is 318 g/mol. The van der Waals surface area contributed by atoms with Crippen LogP contribution in [0.25, 0.3) is 22.3 Å². The molecule has 0 N–H and O–H groups in total. The standard InChI is InChI=1S/C16H12ClFN2S/c1-9-7-8-11(18)13-14(9)19-16(20-15(13)17)10-5-3-4-6-12(10)21-2/h3-8H,1-2H3. The Balaban J connectivity index is 2.33. The molecule has 0 amide bonds. The first-order valence-electron chi connectivity index (χ1n) is 6.37. The largest absolute Gasteiger partial charge is 0.227 e. The van der Waals surface area contributed by atoms with Crippen molar-refractivity contribution in [3.05, 3.63) is 52.9 Å². The van der Waals surface area contributed by atoms with Crippen LogP contribution < -0.4 is 0 Å². The zero-order valence-corrected chi connectivity index (χ0v) is 13.1. The quantitative estimate of drug-likeness (QED) is 0.484. The molecule has 0 spiro atoms. The number of rotatable bonds is 2. The van der Waals surface area contributed by atoms with Gasteiger partial charge in [-0.1, -0.05) is 35.9 Å². The predicted molar refractivity (Wildman–Crippen MR) is 86.5 cm³/mol. The van der Waals surface area contributed by atoms with E-state index in [-0.39, 0.29) is 10.5 Å².